The molecule has 0 radical (unpaired) electrons. The van der Waals surface area contributed by atoms with Crippen LogP contribution in [-0.4, -0.2) is 20.3 Å². The number of hydrogen-bond acceptors (Lipinski definition) is 5. The maximum absolute atomic E-state index is 6.39. The summed E-state index contributed by atoms with van der Waals surface area (Å²) >= 11 is 6.27. The minimum Gasteiger partial charge on any atom is -0.334 e. The van der Waals surface area contributed by atoms with Crippen molar-refractivity contribution in [1.82, 2.24) is 20.3 Å². The van der Waals surface area contributed by atoms with E-state index in [1.54, 1.807) is 6.20 Å². The molecule has 2 aromatic heterocycles. The van der Waals surface area contributed by atoms with Crippen molar-refractivity contribution >= 4 is 24.0 Å². The summed E-state index contributed by atoms with van der Waals surface area (Å²) in [5.41, 5.74) is 8.23. The zero-order valence-electron chi connectivity index (χ0n) is 12.8. The lowest BCUT2D eigenvalue weighted by Gasteiger charge is -2.17. The normalized spacial score (nSPS) is 16.1. The van der Waals surface area contributed by atoms with Crippen molar-refractivity contribution in [2.24, 2.45) is 5.73 Å². The van der Waals surface area contributed by atoms with E-state index in [2.05, 4.69) is 20.3 Å². The van der Waals surface area contributed by atoms with E-state index in [0.29, 0.717) is 16.7 Å². The van der Waals surface area contributed by atoms with E-state index < -0.39 is 5.54 Å². The molecule has 24 heavy (non-hydrogen) atoms. The van der Waals surface area contributed by atoms with Crippen molar-refractivity contribution in [1.29, 1.82) is 0 Å². The predicted octanol–water partition coefficient (Wildman–Crippen LogP) is 3.93. The molecule has 6 nitrogen and oxygen atoms in total. The summed E-state index contributed by atoms with van der Waals surface area (Å²) in [6.45, 7) is 0. The first-order chi connectivity index (χ1) is 11.2. The lowest BCUT2D eigenvalue weighted by molar-refractivity contribution is 0.372. The maximum atomic E-state index is 6.39. The van der Waals surface area contributed by atoms with Crippen molar-refractivity contribution in [3.05, 3.63) is 41.3 Å². The van der Waals surface area contributed by atoms with Crippen molar-refractivity contribution in [2.45, 2.75) is 31.2 Å². The Morgan fingerprint density at radius 2 is 1.92 bits per heavy atom. The molecule has 1 aliphatic rings. The largest absolute Gasteiger partial charge is 0.334 e. The molecule has 1 aromatic carbocycles. The van der Waals surface area contributed by atoms with Gasteiger partial charge < -0.3 is 10.3 Å². The van der Waals surface area contributed by atoms with Gasteiger partial charge in [0.15, 0.2) is 5.82 Å². The summed E-state index contributed by atoms with van der Waals surface area (Å²) in [6.07, 6.45) is 5.62. The summed E-state index contributed by atoms with van der Waals surface area (Å²) in [5.74, 6) is 0.969. The van der Waals surface area contributed by atoms with Crippen LogP contribution in [0.25, 0.3) is 22.7 Å². The molecule has 4 rings (SSSR count). The maximum Gasteiger partial charge on any atom is 0.261 e. The molecule has 0 saturated heterocycles. The SMILES string of the molecule is Cl.NC1(c2noc(-c3cn[nH]c3-c3ccccc3Cl)n2)CCCC1. The number of nitrogens with one attached hydrogen (secondary N) is 1. The van der Waals surface area contributed by atoms with E-state index in [4.69, 9.17) is 21.9 Å². The van der Waals surface area contributed by atoms with Gasteiger partial charge >= 0.3 is 0 Å². The highest BCUT2D eigenvalue weighted by Crippen LogP contribution is 2.37. The predicted molar refractivity (Wildman–Crippen MR) is 93.9 cm³/mol. The zero-order chi connectivity index (χ0) is 15.9. The van der Waals surface area contributed by atoms with Crippen LogP contribution in [0.3, 0.4) is 0 Å². The number of halogens is 2. The molecule has 8 heteroatoms. The van der Waals surface area contributed by atoms with E-state index >= 15 is 0 Å². The molecule has 126 valence electrons. The molecule has 3 N–H and O–H groups in total. The second-order valence-electron chi connectivity index (χ2n) is 5.92. The third kappa shape index (κ3) is 2.81. The van der Waals surface area contributed by atoms with Gasteiger partial charge in [-0.2, -0.15) is 10.1 Å². The molecule has 0 amide bonds. The van der Waals surface area contributed by atoms with Crippen LogP contribution >= 0.6 is 24.0 Å². The fourth-order valence-electron chi connectivity index (χ4n) is 3.08. The van der Waals surface area contributed by atoms with Crippen LogP contribution in [0, 0.1) is 0 Å². The smallest absolute Gasteiger partial charge is 0.261 e. The van der Waals surface area contributed by atoms with Crippen LogP contribution in [-0.2, 0) is 5.54 Å². The molecule has 0 bridgehead atoms. The van der Waals surface area contributed by atoms with Gasteiger partial charge in [0.2, 0.25) is 0 Å². The highest BCUT2D eigenvalue weighted by atomic mass is 35.5. The Morgan fingerprint density at radius 1 is 1.17 bits per heavy atom. The van der Waals surface area contributed by atoms with Gasteiger partial charge in [0.1, 0.15) is 0 Å². The summed E-state index contributed by atoms with van der Waals surface area (Å²) in [7, 11) is 0. The van der Waals surface area contributed by atoms with E-state index in [1.807, 2.05) is 24.3 Å². The Balaban J connectivity index is 0.00000169. The Morgan fingerprint density at radius 3 is 2.67 bits per heavy atom. The standard InChI is InChI=1S/C16H16ClN5O.ClH/c17-12-6-2-1-5-10(12)13-11(9-19-21-13)14-20-15(22-23-14)16(18)7-3-4-8-16;/h1-2,5-6,9H,3-4,7-8,18H2,(H,19,21);1H. The van der Waals surface area contributed by atoms with Crippen LogP contribution < -0.4 is 5.73 Å². The van der Waals surface area contributed by atoms with Crippen LogP contribution in [0.2, 0.25) is 5.02 Å². The van der Waals surface area contributed by atoms with Gasteiger partial charge in [-0.25, -0.2) is 0 Å². The monoisotopic (exact) mass is 365 g/mol. The Hall–Kier alpha value is -1.89. The third-order valence-electron chi connectivity index (χ3n) is 4.38. The van der Waals surface area contributed by atoms with Crippen molar-refractivity contribution in [3.63, 3.8) is 0 Å². The molecular weight excluding hydrogens is 349 g/mol. The fourth-order valence-corrected chi connectivity index (χ4v) is 3.31. The second-order valence-corrected chi connectivity index (χ2v) is 6.33. The highest BCUT2D eigenvalue weighted by molar-refractivity contribution is 6.33. The Kier molecular flexibility index (Phi) is 4.62. The number of aromatic nitrogens is 4. The molecule has 0 atom stereocenters. The van der Waals surface area contributed by atoms with E-state index in [-0.39, 0.29) is 12.4 Å². The van der Waals surface area contributed by atoms with Crippen LogP contribution in [0.5, 0.6) is 0 Å². The molecule has 0 unspecified atom stereocenters. The first-order valence-electron chi connectivity index (χ1n) is 7.59. The molecule has 2 heterocycles. The minimum atomic E-state index is -0.476. The number of benzene rings is 1. The Labute approximate surface area is 150 Å². The number of H-pyrrole nitrogens is 1. The topological polar surface area (TPSA) is 93.6 Å². The van der Waals surface area contributed by atoms with Crippen LogP contribution in [0.4, 0.5) is 0 Å². The second kappa shape index (κ2) is 6.55. The number of nitrogens with two attached hydrogens (primary N) is 1. The lowest BCUT2D eigenvalue weighted by Crippen LogP contribution is -2.34. The first-order valence-corrected chi connectivity index (χ1v) is 7.97. The quantitative estimate of drug-likeness (QED) is 0.733. The minimum absolute atomic E-state index is 0. The number of nitrogens with zero attached hydrogens (tertiary/aromatic N) is 3. The molecular formula is C16H17Cl2N5O. The third-order valence-corrected chi connectivity index (χ3v) is 4.71. The van der Waals surface area contributed by atoms with Crippen LogP contribution in [0.1, 0.15) is 31.5 Å². The average molecular weight is 366 g/mol. The lowest BCUT2D eigenvalue weighted by atomic mass is 9.98. The fraction of sp³-hybridized carbons (Fsp3) is 0.312. The molecule has 1 aliphatic carbocycles. The summed E-state index contributed by atoms with van der Waals surface area (Å²) in [4.78, 5) is 4.52. The first kappa shape index (κ1) is 17.0. The molecule has 3 aromatic rings. The zero-order valence-corrected chi connectivity index (χ0v) is 14.4. The molecule has 1 fully saturated rings. The molecule has 1 saturated carbocycles. The van der Waals surface area contributed by atoms with Crippen molar-refractivity contribution in [2.75, 3.05) is 0 Å². The van der Waals surface area contributed by atoms with Crippen LogP contribution in [0.15, 0.2) is 35.0 Å². The van der Waals surface area contributed by atoms with E-state index in [9.17, 15) is 0 Å². The van der Waals surface area contributed by atoms with E-state index in [0.717, 1.165) is 42.5 Å². The molecule has 0 aliphatic heterocycles. The molecule has 0 spiro atoms. The summed E-state index contributed by atoms with van der Waals surface area (Å²) in [6, 6.07) is 7.54. The number of rotatable bonds is 3. The Bertz CT molecular complexity index is 838. The van der Waals surface area contributed by atoms with Gasteiger partial charge in [0, 0.05) is 10.6 Å². The number of hydrogen-bond donors (Lipinski definition) is 2. The van der Waals surface area contributed by atoms with Crippen molar-refractivity contribution in [3.8, 4) is 22.7 Å². The van der Waals surface area contributed by atoms with Gasteiger partial charge in [-0.3, -0.25) is 5.10 Å². The number of aromatic amines is 1. The van der Waals surface area contributed by atoms with Gasteiger partial charge in [0.05, 0.1) is 23.0 Å². The van der Waals surface area contributed by atoms with Crippen molar-refractivity contribution < 1.29 is 4.52 Å². The summed E-state index contributed by atoms with van der Waals surface area (Å²) in [5, 5.41) is 11.8. The highest BCUT2D eigenvalue weighted by Gasteiger charge is 2.36. The van der Waals surface area contributed by atoms with Gasteiger partial charge in [-0.15, -0.1) is 12.4 Å². The average Bonchev–Trinajstić information content (AvgIpc) is 3.27. The van der Waals surface area contributed by atoms with E-state index in [1.165, 1.54) is 0 Å². The van der Waals surface area contributed by atoms with Gasteiger partial charge in [-0.05, 0) is 18.9 Å². The van der Waals surface area contributed by atoms with Gasteiger partial charge in [0.25, 0.3) is 5.89 Å². The van der Waals surface area contributed by atoms with Gasteiger partial charge in [-0.1, -0.05) is 47.8 Å². The summed E-state index contributed by atoms with van der Waals surface area (Å²) < 4.78 is 5.44.